The average Bonchev–Trinajstić information content (AvgIpc) is 2.94. The monoisotopic (exact) mass is 316 g/mol. The predicted molar refractivity (Wildman–Crippen MR) is 86.8 cm³/mol. The zero-order chi connectivity index (χ0) is 17.3. The van der Waals surface area contributed by atoms with E-state index < -0.39 is 0 Å². The maximum Gasteiger partial charge on any atom is 0.197 e. The number of benzene rings is 2. The van der Waals surface area contributed by atoms with Crippen LogP contribution in [0.5, 0.6) is 5.75 Å². The van der Waals surface area contributed by atoms with Crippen LogP contribution in [0, 0.1) is 29.6 Å². The van der Waals surface area contributed by atoms with E-state index in [4.69, 9.17) is 14.4 Å². The number of hydrogen-bond donors (Lipinski definition) is 0. The van der Waals surface area contributed by atoms with Gasteiger partial charge in [0, 0.05) is 17.0 Å². The molecule has 3 rings (SSSR count). The number of methoxy groups -OCH3 is 1. The van der Waals surface area contributed by atoms with E-state index in [-0.39, 0.29) is 16.9 Å². The minimum absolute atomic E-state index is 0.206. The molecule has 0 saturated carbocycles. The lowest BCUT2D eigenvalue weighted by Crippen LogP contribution is -2.02. The highest BCUT2D eigenvalue weighted by atomic mass is 16.5. The van der Waals surface area contributed by atoms with Crippen molar-refractivity contribution < 1.29 is 13.9 Å². The van der Waals surface area contributed by atoms with Crippen LogP contribution in [0.4, 0.5) is 0 Å². The molecule has 0 aliphatic rings. The van der Waals surface area contributed by atoms with Crippen LogP contribution >= 0.6 is 0 Å². The lowest BCUT2D eigenvalue weighted by atomic mass is 9.98. The van der Waals surface area contributed by atoms with Crippen LogP contribution in [-0.4, -0.2) is 12.9 Å². The highest BCUT2D eigenvalue weighted by Crippen LogP contribution is 2.30. The summed E-state index contributed by atoms with van der Waals surface area (Å²) < 4.78 is 10.7. The number of aryl methyl sites for hydroxylation is 1. The Kier molecular flexibility index (Phi) is 3.77. The Balaban J connectivity index is 2.18. The van der Waals surface area contributed by atoms with E-state index in [1.54, 1.807) is 38.3 Å². The largest absolute Gasteiger partial charge is 0.497 e. The average molecular weight is 316 g/mol. The summed E-state index contributed by atoms with van der Waals surface area (Å²) in [5, 5.41) is 18.8. The second-order valence-electron chi connectivity index (χ2n) is 5.21. The van der Waals surface area contributed by atoms with Crippen molar-refractivity contribution in [1.29, 1.82) is 10.5 Å². The quantitative estimate of drug-likeness (QED) is 0.687. The molecule has 24 heavy (non-hydrogen) atoms. The molecule has 0 N–H and O–H groups in total. The highest BCUT2D eigenvalue weighted by molar-refractivity contribution is 6.17. The van der Waals surface area contributed by atoms with Crippen molar-refractivity contribution in [3.63, 3.8) is 0 Å². The van der Waals surface area contributed by atoms with Crippen LogP contribution in [0.25, 0.3) is 11.0 Å². The molecule has 0 amide bonds. The van der Waals surface area contributed by atoms with Gasteiger partial charge in [-0.3, -0.25) is 4.79 Å². The zero-order valence-electron chi connectivity index (χ0n) is 13.1. The molecule has 0 aliphatic carbocycles. The topological polar surface area (TPSA) is 87.0 Å². The van der Waals surface area contributed by atoms with Gasteiger partial charge >= 0.3 is 0 Å². The predicted octanol–water partition coefficient (Wildman–Crippen LogP) is 3.72. The van der Waals surface area contributed by atoms with Gasteiger partial charge in [0.1, 0.15) is 29.2 Å². The molecule has 0 aliphatic heterocycles. The van der Waals surface area contributed by atoms with Gasteiger partial charge in [-0.1, -0.05) is 0 Å². The molecule has 116 valence electrons. The van der Waals surface area contributed by atoms with Gasteiger partial charge < -0.3 is 9.15 Å². The van der Waals surface area contributed by atoms with E-state index in [9.17, 15) is 10.1 Å². The van der Waals surface area contributed by atoms with Gasteiger partial charge in [0.15, 0.2) is 5.78 Å². The van der Waals surface area contributed by atoms with Gasteiger partial charge in [0.25, 0.3) is 0 Å². The number of ketones is 1. The van der Waals surface area contributed by atoms with Crippen LogP contribution in [0.3, 0.4) is 0 Å². The third-order valence-electron chi connectivity index (χ3n) is 3.82. The van der Waals surface area contributed by atoms with Crippen molar-refractivity contribution in [3.05, 3.63) is 64.4 Å². The SMILES string of the molecule is COc1ccc(C(=O)c2c(C)oc3cc(C#N)c(C#N)cc23)cc1. The van der Waals surface area contributed by atoms with E-state index in [2.05, 4.69) is 0 Å². The second-order valence-corrected chi connectivity index (χ2v) is 5.21. The minimum atomic E-state index is -0.206. The lowest BCUT2D eigenvalue weighted by molar-refractivity contribution is 0.103. The third-order valence-corrected chi connectivity index (χ3v) is 3.82. The molecule has 0 saturated heterocycles. The number of rotatable bonds is 3. The second kappa shape index (κ2) is 5.91. The molecule has 0 unspecified atom stereocenters. The number of fused-ring (bicyclic) bond motifs is 1. The fourth-order valence-electron chi connectivity index (χ4n) is 2.62. The van der Waals surface area contributed by atoms with E-state index in [1.165, 1.54) is 12.1 Å². The Morgan fingerprint density at radius 1 is 1.08 bits per heavy atom. The van der Waals surface area contributed by atoms with Crippen molar-refractivity contribution in [2.75, 3.05) is 7.11 Å². The van der Waals surface area contributed by atoms with Gasteiger partial charge in [-0.25, -0.2) is 0 Å². The fraction of sp³-hybridized carbons (Fsp3) is 0.105. The summed E-state index contributed by atoms with van der Waals surface area (Å²) in [6.07, 6.45) is 0. The first-order valence-corrected chi connectivity index (χ1v) is 7.15. The molecular weight excluding hydrogens is 304 g/mol. The van der Waals surface area contributed by atoms with Crippen molar-refractivity contribution >= 4 is 16.8 Å². The van der Waals surface area contributed by atoms with E-state index in [0.717, 1.165) is 0 Å². The highest BCUT2D eigenvalue weighted by Gasteiger charge is 2.21. The molecule has 5 heteroatoms. The van der Waals surface area contributed by atoms with Gasteiger partial charge in [0.05, 0.1) is 23.8 Å². The third kappa shape index (κ3) is 2.39. The summed E-state index contributed by atoms with van der Waals surface area (Å²) in [6.45, 7) is 1.69. The molecule has 1 heterocycles. The van der Waals surface area contributed by atoms with Crippen molar-refractivity contribution in [3.8, 4) is 17.9 Å². The van der Waals surface area contributed by atoms with E-state index in [0.29, 0.717) is 33.6 Å². The molecule has 0 fully saturated rings. The summed E-state index contributed by atoms with van der Waals surface area (Å²) in [4.78, 5) is 12.8. The van der Waals surface area contributed by atoms with E-state index in [1.807, 2.05) is 12.1 Å². The summed E-state index contributed by atoms with van der Waals surface area (Å²) >= 11 is 0. The smallest absolute Gasteiger partial charge is 0.197 e. The summed E-state index contributed by atoms with van der Waals surface area (Å²) in [5.41, 5.74) is 1.75. The van der Waals surface area contributed by atoms with Crippen LogP contribution in [-0.2, 0) is 0 Å². The van der Waals surface area contributed by atoms with Crippen molar-refractivity contribution in [1.82, 2.24) is 0 Å². The van der Waals surface area contributed by atoms with E-state index >= 15 is 0 Å². The standard InChI is InChI=1S/C19H12N2O3/c1-11-18(19(22)12-3-5-15(23-2)6-4-12)16-7-13(9-20)14(10-21)8-17(16)24-11/h3-8H,1-2H3. The summed E-state index contributed by atoms with van der Waals surface area (Å²) in [5.74, 6) is 0.901. The van der Waals surface area contributed by atoms with Crippen molar-refractivity contribution in [2.24, 2.45) is 0 Å². The molecule has 0 atom stereocenters. The molecule has 0 spiro atoms. The Bertz CT molecular complexity index is 1030. The molecule has 0 radical (unpaired) electrons. The van der Waals surface area contributed by atoms with Crippen molar-refractivity contribution in [2.45, 2.75) is 6.92 Å². The lowest BCUT2D eigenvalue weighted by Gasteiger charge is -2.03. The number of carbonyl (C=O) groups excluding carboxylic acids is 1. The van der Waals surface area contributed by atoms with Gasteiger partial charge in [0.2, 0.25) is 0 Å². The summed E-state index contributed by atoms with van der Waals surface area (Å²) in [7, 11) is 1.56. The first-order valence-electron chi connectivity index (χ1n) is 7.15. The first kappa shape index (κ1) is 15.3. The summed E-state index contributed by atoms with van der Waals surface area (Å²) in [6, 6.07) is 13.7. The minimum Gasteiger partial charge on any atom is -0.497 e. The Labute approximate surface area is 138 Å². The molecular formula is C19H12N2O3. The number of ether oxygens (including phenoxy) is 1. The fourth-order valence-corrected chi connectivity index (χ4v) is 2.62. The molecule has 0 bridgehead atoms. The molecule has 2 aromatic carbocycles. The normalized spacial score (nSPS) is 10.2. The zero-order valence-corrected chi connectivity index (χ0v) is 13.1. The van der Waals surface area contributed by atoms with Gasteiger partial charge in [-0.05, 0) is 37.3 Å². The van der Waals surface area contributed by atoms with Crippen LogP contribution in [0.1, 0.15) is 32.8 Å². The molecule has 1 aromatic heterocycles. The van der Waals surface area contributed by atoms with Crippen LogP contribution < -0.4 is 4.74 Å². The number of carbonyl (C=O) groups is 1. The number of furan rings is 1. The van der Waals surface area contributed by atoms with Gasteiger partial charge in [-0.2, -0.15) is 10.5 Å². The Hall–Kier alpha value is -3.57. The molecule has 3 aromatic rings. The van der Waals surface area contributed by atoms with Gasteiger partial charge in [-0.15, -0.1) is 0 Å². The van der Waals surface area contributed by atoms with Crippen LogP contribution in [0.15, 0.2) is 40.8 Å². The first-order chi connectivity index (χ1) is 11.6. The maximum absolute atomic E-state index is 12.8. The number of nitrogens with zero attached hydrogens (tertiary/aromatic N) is 2. The number of nitriles is 2. The Morgan fingerprint density at radius 2 is 1.71 bits per heavy atom. The number of hydrogen-bond acceptors (Lipinski definition) is 5. The Morgan fingerprint density at radius 3 is 2.29 bits per heavy atom. The maximum atomic E-state index is 12.8. The van der Waals surface area contributed by atoms with Crippen LogP contribution in [0.2, 0.25) is 0 Å². The molecule has 5 nitrogen and oxygen atoms in total.